The van der Waals surface area contributed by atoms with E-state index in [9.17, 15) is 17.5 Å². The Morgan fingerprint density at radius 1 is 0.657 bits per heavy atom. The topological polar surface area (TPSA) is 105 Å². The third-order valence-corrected chi connectivity index (χ3v) is 13.9. The lowest BCUT2D eigenvalue weighted by atomic mass is 10.3. The minimum absolute atomic E-state index is 0.0458. The fourth-order valence-corrected chi connectivity index (χ4v) is 10.8. The molecule has 35 heavy (non-hydrogen) atoms. The smallest absolute Gasteiger partial charge is 0.417 e. The van der Waals surface area contributed by atoms with E-state index >= 15 is 0 Å². The molecule has 0 aliphatic carbocycles. The van der Waals surface area contributed by atoms with Crippen molar-refractivity contribution in [1.29, 1.82) is 0 Å². The van der Waals surface area contributed by atoms with Crippen LogP contribution in [0.25, 0.3) is 0 Å². The molecule has 2 rings (SSSR count). The molecule has 0 saturated heterocycles. The molecule has 0 aliphatic rings. The molecule has 2 unspecified atom stereocenters. The summed E-state index contributed by atoms with van der Waals surface area (Å²) in [5.41, 5.74) is 0. The average Bonchev–Trinajstić information content (AvgIpc) is 2.82. The minimum Gasteiger partial charge on any atom is -0.417 e. The predicted octanol–water partition coefficient (Wildman–Crippen LogP) is 7.85. The summed E-state index contributed by atoms with van der Waals surface area (Å²) in [6, 6.07) is 11.4. The number of hydrogen-bond acceptors (Lipinski definition) is 10. The largest absolute Gasteiger partial charge is 0.440 e. The highest BCUT2D eigenvalue weighted by atomic mass is 32.7. The minimum atomic E-state index is -3.83. The van der Waals surface area contributed by atoms with Gasteiger partial charge in [0.15, 0.2) is 0 Å². The van der Waals surface area contributed by atoms with E-state index in [-0.39, 0.29) is 34.5 Å². The van der Waals surface area contributed by atoms with E-state index in [1.54, 1.807) is 13.8 Å². The Kier molecular flexibility index (Phi) is 12.2. The van der Waals surface area contributed by atoms with Crippen molar-refractivity contribution < 1.29 is 35.6 Å². The van der Waals surface area contributed by atoms with Gasteiger partial charge in [-0.05, 0) is 98.0 Å². The van der Waals surface area contributed by atoms with Gasteiger partial charge in [0.25, 0.3) is 0 Å². The second kappa shape index (κ2) is 14.1. The fraction of sp³-hybridized carbons (Fsp3) is 0.455. The van der Waals surface area contributed by atoms with Gasteiger partial charge < -0.3 is 9.05 Å². The van der Waals surface area contributed by atoms with Gasteiger partial charge in [0.2, 0.25) is 9.84 Å². The maximum atomic E-state index is 13.1. The van der Waals surface area contributed by atoms with Crippen molar-refractivity contribution in [3.63, 3.8) is 0 Å². The van der Waals surface area contributed by atoms with Crippen LogP contribution in [0, 0.1) is 0 Å². The van der Waals surface area contributed by atoms with Gasteiger partial charge in [-0.25, -0.2) is 17.5 Å². The van der Waals surface area contributed by atoms with Crippen molar-refractivity contribution in [2.24, 2.45) is 0 Å². The third-order valence-electron chi connectivity index (χ3n) is 4.18. The summed E-state index contributed by atoms with van der Waals surface area (Å²) in [6.45, 7) is 1.08. The molecular weight excluding hydrogens is 550 g/mol. The van der Waals surface area contributed by atoms with Crippen molar-refractivity contribution in [2.75, 3.05) is 24.7 Å². The Bertz CT molecular complexity index is 1040. The Morgan fingerprint density at radius 3 is 1.29 bits per heavy atom. The van der Waals surface area contributed by atoms with Crippen LogP contribution < -0.4 is 9.05 Å². The zero-order valence-corrected chi connectivity index (χ0v) is 24.5. The van der Waals surface area contributed by atoms with Crippen LogP contribution in [0.4, 0.5) is 0 Å². The van der Waals surface area contributed by atoms with Gasteiger partial charge in [-0.1, -0.05) is 13.8 Å². The Hall–Kier alpha value is -0.930. The molecule has 196 valence electrons. The van der Waals surface area contributed by atoms with Crippen LogP contribution in [0.3, 0.4) is 0 Å². The molecule has 0 bridgehead atoms. The Morgan fingerprint density at radius 2 is 1.00 bits per heavy atom. The molecule has 0 N–H and O–H groups in total. The molecule has 0 radical (unpaired) electrons. The quantitative estimate of drug-likeness (QED) is 0.182. The average molecular weight is 583 g/mol. The van der Waals surface area contributed by atoms with E-state index in [0.717, 1.165) is 35.6 Å². The van der Waals surface area contributed by atoms with Crippen molar-refractivity contribution in [2.45, 2.75) is 50.3 Å². The summed E-state index contributed by atoms with van der Waals surface area (Å²) in [6.07, 6.45) is 1.62. The zero-order valence-electron chi connectivity index (χ0n) is 20.2. The first kappa shape index (κ1) is 30.3. The number of rotatable bonds is 16. The molecule has 2 aromatic carbocycles. The van der Waals surface area contributed by atoms with Crippen LogP contribution in [-0.2, 0) is 28.0 Å². The van der Waals surface area contributed by atoms with Gasteiger partial charge in [0, 0.05) is 11.5 Å². The van der Waals surface area contributed by atoms with Crippen molar-refractivity contribution >= 4 is 46.2 Å². The van der Waals surface area contributed by atoms with Crippen LogP contribution >= 0.6 is 36.4 Å². The van der Waals surface area contributed by atoms with E-state index in [4.69, 9.17) is 18.1 Å². The van der Waals surface area contributed by atoms with E-state index in [1.165, 1.54) is 48.5 Å². The molecule has 0 saturated carbocycles. The SMILES string of the molecule is CCCSP(=O)(OCC)Oc1ccc(S(=O)(=O)c2ccc(OP(=O)(OCC)SCCC)cc2)cc1. The molecule has 0 fully saturated rings. The first-order valence-corrected chi connectivity index (χ1v) is 19.0. The highest BCUT2D eigenvalue weighted by molar-refractivity contribution is 8.55. The monoisotopic (exact) mass is 582 g/mol. The number of hydrogen-bond donors (Lipinski definition) is 0. The third kappa shape index (κ3) is 9.15. The second-order valence-electron chi connectivity index (χ2n) is 7.03. The summed E-state index contributed by atoms with van der Waals surface area (Å²) in [7, 11) is -3.83. The molecule has 0 aliphatic heterocycles. The highest BCUT2D eigenvalue weighted by Crippen LogP contribution is 2.61. The van der Waals surface area contributed by atoms with Crippen molar-refractivity contribution in [3.8, 4) is 11.5 Å². The first-order valence-electron chi connectivity index (χ1n) is 11.2. The summed E-state index contributed by atoms with van der Waals surface area (Å²) >= 11 is 2.23. The van der Waals surface area contributed by atoms with Crippen LogP contribution in [0.2, 0.25) is 0 Å². The zero-order chi connectivity index (χ0) is 26.0. The van der Waals surface area contributed by atoms with Gasteiger partial charge in [-0.15, -0.1) is 0 Å². The maximum absolute atomic E-state index is 13.1. The molecule has 13 heteroatoms. The summed E-state index contributed by atoms with van der Waals surface area (Å²) in [4.78, 5) is 0.0916. The van der Waals surface area contributed by atoms with E-state index in [2.05, 4.69) is 0 Å². The van der Waals surface area contributed by atoms with Crippen molar-refractivity contribution in [1.82, 2.24) is 0 Å². The summed E-state index contributed by atoms with van der Waals surface area (Å²) < 4.78 is 73.6. The standard InChI is InChI=1S/C22H32O8P2S3/c1-5-17-33-31(23,27-7-3)29-19-9-13-21(14-10-19)35(25,26)22-15-11-20(12-16-22)30-32(24,28-8-4)34-18-6-2/h9-16H,5-8,17-18H2,1-4H3. The number of benzene rings is 2. The molecule has 8 nitrogen and oxygen atoms in total. The Labute approximate surface area is 216 Å². The van der Waals surface area contributed by atoms with Gasteiger partial charge in [-0.3, -0.25) is 9.05 Å². The summed E-state index contributed by atoms with van der Waals surface area (Å²) in [5.74, 6) is 1.73. The molecule has 0 amide bonds. The molecule has 2 aromatic rings. The second-order valence-corrected chi connectivity index (χ2v) is 17.2. The van der Waals surface area contributed by atoms with Gasteiger partial charge >= 0.3 is 13.6 Å². The fourth-order valence-electron chi connectivity index (χ4n) is 2.66. The maximum Gasteiger partial charge on any atom is 0.440 e. The Balaban J connectivity index is 2.17. The lowest BCUT2D eigenvalue weighted by Gasteiger charge is -2.18. The molecule has 2 atom stereocenters. The van der Waals surface area contributed by atoms with Crippen LogP contribution in [-0.4, -0.2) is 33.1 Å². The van der Waals surface area contributed by atoms with Gasteiger partial charge in [0.1, 0.15) is 11.5 Å². The summed E-state index contributed by atoms with van der Waals surface area (Å²) in [5, 5.41) is 0. The lowest BCUT2D eigenvalue weighted by molar-refractivity contribution is 0.295. The number of sulfone groups is 1. The van der Waals surface area contributed by atoms with E-state index in [0.29, 0.717) is 11.5 Å². The van der Waals surface area contributed by atoms with Gasteiger partial charge in [0.05, 0.1) is 23.0 Å². The van der Waals surface area contributed by atoms with E-state index in [1.807, 2.05) is 13.8 Å². The normalized spacial score (nSPS) is 15.2. The van der Waals surface area contributed by atoms with Gasteiger partial charge in [-0.2, -0.15) is 0 Å². The molecule has 0 aromatic heterocycles. The van der Waals surface area contributed by atoms with Crippen molar-refractivity contribution in [3.05, 3.63) is 48.5 Å². The molecule has 0 spiro atoms. The van der Waals surface area contributed by atoms with E-state index < -0.39 is 23.4 Å². The first-order chi connectivity index (χ1) is 16.6. The molecular formula is C22H32O8P2S3. The predicted molar refractivity (Wildman–Crippen MR) is 144 cm³/mol. The lowest BCUT2D eigenvalue weighted by Crippen LogP contribution is -2.02. The highest BCUT2D eigenvalue weighted by Gasteiger charge is 2.28. The van der Waals surface area contributed by atoms with Crippen LogP contribution in [0.5, 0.6) is 11.5 Å². The molecule has 0 heterocycles. The van der Waals surface area contributed by atoms with Crippen LogP contribution in [0.15, 0.2) is 58.3 Å². The van der Waals surface area contributed by atoms with Crippen LogP contribution in [0.1, 0.15) is 40.5 Å².